The van der Waals surface area contributed by atoms with Gasteiger partial charge in [-0.15, -0.1) is 0 Å². The maximum atomic E-state index is 12.9. The second-order valence-corrected chi connectivity index (χ2v) is 2.99. The molecule has 0 aliphatic rings. The highest BCUT2D eigenvalue weighted by atomic mass is 19.2. The zero-order valence-electron chi connectivity index (χ0n) is 8.13. The molecule has 0 bridgehead atoms. The van der Waals surface area contributed by atoms with E-state index in [1.54, 1.807) is 6.92 Å². The number of hydrogen-bond acceptors (Lipinski definition) is 2. The van der Waals surface area contributed by atoms with E-state index in [1.807, 2.05) is 0 Å². The molecule has 0 aliphatic heterocycles. The predicted octanol–water partition coefficient (Wildman–Crippen LogP) is 2.90. The van der Waals surface area contributed by atoms with Crippen LogP contribution in [0.1, 0.15) is 12.5 Å². The third-order valence-electron chi connectivity index (χ3n) is 1.81. The highest BCUT2D eigenvalue weighted by Crippen LogP contribution is 2.24. The molecule has 1 aromatic carbocycles. The van der Waals surface area contributed by atoms with Crippen molar-refractivity contribution in [1.29, 1.82) is 0 Å². The van der Waals surface area contributed by atoms with E-state index >= 15 is 0 Å². The summed E-state index contributed by atoms with van der Waals surface area (Å²) < 4.78 is 25.7. The summed E-state index contributed by atoms with van der Waals surface area (Å²) in [5.41, 5.74) is 0.925. The molecule has 0 N–H and O–H groups in total. The van der Waals surface area contributed by atoms with E-state index in [0.717, 1.165) is 12.1 Å². The molecule has 0 saturated heterocycles. The van der Waals surface area contributed by atoms with Crippen LogP contribution in [0.5, 0.6) is 0 Å². The number of carbonyl (C=O) groups is 1. The van der Waals surface area contributed by atoms with Crippen LogP contribution in [0.25, 0.3) is 6.08 Å². The van der Waals surface area contributed by atoms with Crippen LogP contribution < -0.4 is 0 Å². The third-order valence-corrected chi connectivity index (χ3v) is 1.81. The van der Waals surface area contributed by atoms with Crippen molar-refractivity contribution in [3.05, 3.63) is 34.9 Å². The molecule has 1 aromatic rings. The highest BCUT2D eigenvalue weighted by Gasteiger charge is 2.07. The molecule has 0 fully saturated rings. The number of hydrogen-bond donors (Lipinski definition) is 0. The fourth-order valence-electron chi connectivity index (χ4n) is 1.08. The smallest absolute Gasteiger partial charge is 0.161 e. The number of carbonyl (C=O) groups excluding carboxylic acids is 1. The zero-order valence-corrected chi connectivity index (χ0v) is 8.13. The Balaban J connectivity index is 3.34. The summed E-state index contributed by atoms with van der Waals surface area (Å²) in [6, 6.07) is 1.92. The van der Waals surface area contributed by atoms with E-state index in [2.05, 4.69) is 11.7 Å². The number of rotatable bonds is 3. The summed E-state index contributed by atoms with van der Waals surface area (Å²) >= 11 is 0. The van der Waals surface area contributed by atoms with Crippen LogP contribution in [0.4, 0.5) is 14.5 Å². The van der Waals surface area contributed by atoms with Crippen molar-refractivity contribution in [2.45, 2.75) is 6.92 Å². The van der Waals surface area contributed by atoms with Gasteiger partial charge in [-0.2, -0.15) is 0 Å². The minimum absolute atomic E-state index is 0.204. The maximum absolute atomic E-state index is 12.9. The highest BCUT2D eigenvalue weighted by molar-refractivity contribution is 5.83. The fourth-order valence-corrected chi connectivity index (χ4v) is 1.08. The van der Waals surface area contributed by atoms with Crippen molar-refractivity contribution < 1.29 is 13.6 Å². The Labute approximate surface area is 86.0 Å². The predicted molar refractivity (Wildman–Crippen MR) is 55.3 cm³/mol. The first-order valence-electron chi connectivity index (χ1n) is 4.17. The molecule has 0 unspecified atom stereocenters. The van der Waals surface area contributed by atoms with Gasteiger partial charge in [0.25, 0.3) is 0 Å². The number of aliphatic imine (C=N–C) groups is 1. The summed E-state index contributed by atoms with van der Waals surface area (Å²) in [6.07, 6.45) is 2.04. The molecule has 0 aromatic heterocycles. The van der Waals surface area contributed by atoms with Crippen LogP contribution in [0.2, 0.25) is 0 Å². The third kappa shape index (κ3) is 2.56. The molecule has 0 spiro atoms. The molecule has 0 amide bonds. The van der Waals surface area contributed by atoms with Gasteiger partial charge in [-0.25, -0.2) is 8.78 Å². The summed E-state index contributed by atoms with van der Waals surface area (Å²) in [7, 11) is 0. The number of allylic oxidation sites excluding steroid dienone is 1. The quantitative estimate of drug-likeness (QED) is 0.427. The Bertz CT molecular complexity index is 438. The van der Waals surface area contributed by atoms with Gasteiger partial charge < -0.3 is 0 Å². The van der Waals surface area contributed by atoms with E-state index in [9.17, 15) is 13.6 Å². The van der Waals surface area contributed by atoms with Gasteiger partial charge in [0.15, 0.2) is 11.6 Å². The Kier molecular flexibility index (Phi) is 3.44. The van der Waals surface area contributed by atoms with Crippen molar-refractivity contribution in [2.24, 2.45) is 4.99 Å². The zero-order chi connectivity index (χ0) is 11.4. The SMILES string of the molecule is C=Nc1cc(F)c(F)cc1/C=C(\C)C=O. The number of aldehydes is 1. The largest absolute Gasteiger partial charge is 0.298 e. The summed E-state index contributed by atoms with van der Waals surface area (Å²) in [6.45, 7) is 4.80. The molecular formula is C11H9F2NO. The minimum Gasteiger partial charge on any atom is -0.298 e. The summed E-state index contributed by atoms with van der Waals surface area (Å²) in [5.74, 6) is -1.97. The minimum atomic E-state index is -0.988. The average molecular weight is 209 g/mol. The molecule has 0 heterocycles. The first-order valence-corrected chi connectivity index (χ1v) is 4.17. The van der Waals surface area contributed by atoms with Gasteiger partial charge in [-0.1, -0.05) is 0 Å². The number of halogens is 2. The van der Waals surface area contributed by atoms with Crippen molar-refractivity contribution in [3.63, 3.8) is 0 Å². The molecule has 1 rings (SSSR count). The molecule has 0 radical (unpaired) electrons. The second-order valence-electron chi connectivity index (χ2n) is 2.99. The van der Waals surface area contributed by atoms with E-state index < -0.39 is 11.6 Å². The molecule has 0 atom stereocenters. The lowest BCUT2D eigenvalue weighted by Gasteiger charge is -2.02. The van der Waals surface area contributed by atoms with Gasteiger partial charge in [0.2, 0.25) is 0 Å². The lowest BCUT2D eigenvalue weighted by atomic mass is 10.1. The van der Waals surface area contributed by atoms with Crippen molar-refractivity contribution in [2.75, 3.05) is 0 Å². The van der Waals surface area contributed by atoms with Crippen molar-refractivity contribution in [3.8, 4) is 0 Å². The molecular weight excluding hydrogens is 200 g/mol. The average Bonchev–Trinajstić information content (AvgIpc) is 2.22. The lowest BCUT2D eigenvalue weighted by Crippen LogP contribution is -1.87. The van der Waals surface area contributed by atoms with Gasteiger partial charge in [-0.3, -0.25) is 9.79 Å². The normalized spacial score (nSPS) is 11.3. The monoisotopic (exact) mass is 209 g/mol. The molecule has 15 heavy (non-hydrogen) atoms. The molecule has 0 aliphatic carbocycles. The number of nitrogens with zero attached hydrogens (tertiary/aromatic N) is 1. The molecule has 2 nitrogen and oxygen atoms in total. The Hall–Kier alpha value is -1.84. The van der Waals surface area contributed by atoms with Crippen molar-refractivity contribution in [1.82, 2.24) is 0 Å². The molecule has 0 saturated carbocycles. The topological polar surface area (TPSA) is 29.4 Å². The Morgan fingerprint density at radius 2 is 2.00 bits per heavy atom. The van der Waals surface area contributed by atoms with Gasteiger partial charge in [0.05, 0.1) is 5.69 Å². The van der Waals surface area contributed by atoms with E-state index in [1.165, 1.54) is 6.08 Å². The van der Waals surface area contributed by atoms with Gasteiger partial charge >= 0.3 is 0 Å². The van der Waals surface area contributed by atoms with Gasteiger partial charge in [0.1, 0.15) is 6.29 Å². The maximum Gasteiger partial charge on any atom is 0.161 e. The molecule has 78 valence electrons. The van der Waals surface area contributed by atoms with Gasteiger partial charge in [-0.05, 0) is 31.4 Å². The lowest BCUT2D eigenvalue weighted by molar-refractivity contribution is -0.104. The molecule has 4 heteroatoms. The van der Waals surface area contributed by atoms with Crippen LogP contribution in [0.3, 0.4) is 0 Å². The standard InChI is InChI=1S/C11H9F2NO/c1-7(6-15)3-8-4-9(12)10(13)5-11(8)14-2/h3-6H,2H2,1H3/b7-3+. The van der Waals surface area contributed by atoms with E-state index in [4.69, 9.17) is 0 Å². The van der Waals surface area contributed by atoms with E-state index in [0.29, 0.717) is 17.4 Å². The van der Waals surface area contributed by atoms with Crippen LogP contribution in [-0.4, -0.2) is 13.0 Å². The van der Waals surface area contributed by atoms with Crippen LogP contribution in [0, 0.1) is 11.6 Å². The van der Waals surface area contributed by atoms with Gasteiger partial charge in [0, 0.05) is 11.6 Å². The second kappa shape index (κ2) is 4.59. The van der Waals surface area contributed by atoms with Crippen molar-refractivity contribution >= 4 is 24.8 Å². The number of benzene rings is 1. The first kappa shape index (κ1) is 11.2. The van der Waals surface area contributed by atoms with Crippen LogP contribution >= 0.6 is 0 Å². The van der Waals surface area contributed by atoms with Crippen LogP contribution in [-0.2, 0) is 4.79 Å². The van der Waals surface area contributed by atoms with Crippen LogP contribution in [0.15, 0.2) is 22.7 Å². The Morgan fingerprint density at radius 3 is 2.53 bits per heavy atom. The fraction of sp³-hybridized carbons (Fsp3) is 0.0909. The first-order chi connectivity index (χ1) is 7.08. The summed E-state index contributed by atoms with van der Waals surface area (Å²) in [4.78, 5) is 13.9. The Morgan fingerprint density at radius 1 is 1.40 bits per heavy atom. The summed E-state index contributed by atoms with van der Waals surface area (Å²) in [5, 5.41) is 0. The van der Waals surface area contributed by atoms with E-state index in [-0.39, 0.29) is 5.69 Å².